The van der Waals surface area contributed by atoms with Crippen LogP contribution < -0.4 is 5.32 Å². The number of nitrogens with zero attached hydrogens (tertiary/aromatic N) is 6. The summed E-state index contributed by atoms with van der Waals surface area (Å²) in [6, 6.07) is 14.3. The molecular formula is C23H21N7. The van der Waals surface area contributed by atoms with Crippen LogP contribution in [0.15, 0.2) is 73.4 Å². The molecule has 0 aliphatic carbocycles. The first-order valence-electron chi connectivity index (χ1n) is 9.76. The van der Waals surface area contributed by atoms with E-state index < -0.39 is 0 Å². The Morgan fingerprint density at radius 1 is 0.933 bits per heavy atom. The van der Waals surface area contributed by atoms with Crippen molar-refractivity contribution in [3.8, 4) is 22.6 Å². The molecular weight excluding hydrogens is 374 g/mol. The van der Waals surface area contributed by atoms with Gasteiger partial charge in [0.05, 0.1) is 23.3 Å². The molecule has 0 spiro atoms. The number of benzene rings is 1. The van der Waals surface area contributed by atoms with Crippen LogP contribution >= 0.6 is 0 Å². The normalized spacial score (nSPS) is 11.1. The van der Waals surface area contributed by atoms with Crippen LogP contribution in [0, 0.1) is 6.92 Å². The monoisotopic (exact) mass is 395 g/mol. The van der Waals surface area contributed by atoms with Gasteiger partial charge in [-0.05, 0) is 24.1 Å². The number of imidazole rings is 1. The van der Waals surface area contributed by atoms with Crippen LogP contribution in [0.2, 0.25) is 0 Å². The van der Waals surface area contributed by atoms with Crippen LogP contribution in [-0.2, 0) is 13.6 Å². The lowest BCUT2D eigenvalue weighted by atomic mass is 10.1. The first-order valence-corrected chi connectivity index (χ1v) is 9.76. The van der Waals surface area contributed by atoms with Crippen molar-refractivity contribution in [2.75, 3.05) is 5.32 Å². The van der Waals surface area contributed by atoms with Crippen molar-refractivity contribution < 1.29 is 0 Å². The molecule has 0 fully saturated rings. The topological polar surface area (TPSA) is 72.9 Å². The van der Waals surface area contributed by atoms with Gasteiger partial charge < -0.3 is 5.32 Å². The first kappa shape index (κ1) is 18.1. The molecule has 148 valence electrons. The maximum atomic E-state index is 4.66. The highest BCUT2D eigenvalue weighted by Gasteiger charge is 2.11. The van der Waals surface area contributed by atoms with Crippen molar-refractivity contribution >= 4 is 11.5 Å². The Balaban J connectivity index is 1.40. The molecule has 0 aliphatic rings. The lowest BCUT2D eigenvalue weighted by Crippen LogP contribution is -2.05. The average Bonchev–Trinajstić information content (AvgIpc) is 3.39. The van der Waals surface area contributed by atoms with Crippen LogP contribution in [0.3, 0.4) is 0 Å². The SMILES string of the molecule is Cc1cc(CNc2nccn3c(-c4ccccc4)cnc23)cnc1-c1ccnn1C. The minimum atomic E-state index is 0.611. The molecule has 4 heterocycles. The molecule has 0 atom stereocenters. The number of hydrogen-bond donors (Lipinski definition) is 1. The summed E-state index contributed by atoms with van der Waals surface area (Å²) in [5, 5.41) is 7.64. The van der Waals surface area contributed by atoms with E-state index in [1.54, 1.807) is 12.4 Å². The second-order valence-electron chi connectivity index (χ2n) is 7.18. The third kappa shape index (κ3) is 3.20. The van der Waals surface area contributed by atoms with Crippen molar-refractivity contribution in [2.45, 2.75) is 13.5 Å². The fourth-order valence-corrected chi connectivity index (χ4v) is 3.66. The van der Waals surface area contributed by atoms with E-state index in [2.05, 4.69) is 54.9 Å². The van der Waals surface area contributed by atoms with E-state index >= 15 is 0 Å². The minimum absolute atomic E-state index is 0.611. The quantitative estimate of drug-likeness (QED) is 0.485. The third-order valence-electron chi connectivity index (χ3n) is 5.16. The Labute approximate surface area is 174 Å². The van der Waals surface area contributed by atoms with Crippen molar-refractivity contribution in [1.29, 1.82) is 0 Å². The number of aromatic nitrogens is 6. The number of pyridine rings is 1. The molecule has 5 aromatic rings. The Hall–Kier alpha value is -4.00. The van der Waals surface area contributed by atoms with Gasteiger partial charge in [0, 0.05) is 43.9 Å². The van der Waals surface area contributed by atoms with Crippen LogP contribution in [-0.4, -0.2) is 29.1 Å². The van der Waals surface area contributed by atoms with E-state index in [0.29, 0.717) is 6.54 Å². The van der Waals surface area contributed by atoms with Gasteiger partial charge >= 0.3 is 0 Å². The summed E-state index contributed by atoms with van der Waals surface area (Å²) >= 11 is 0. The highest BCUT2D eigenvalue weighted by molar-refractivity contribution is 5.70. The van der Waals surface area contributed by atoms with E-state index in [1.165, 1.54) is 0 Å². The molecule has 0 saturated carbocycles. The smallest absolute Gasteiger partial charge is 0.180 e. The van der Waals surface area contributed by atoms with Crippen molar-refractivity contribution in [3.63, 3.8) is 0 Å². The molecule has 0 saturated heterocycles. The zero-order valence-electron chi connectivity index (χ0n) is 16.8. The van der Waals surface area contributed by atoms with Gasteiger partial charge in [0.2, 0.25) is 0 Å². The Morgan fingerprint density at radius 2 is 1.80 bits per heavy atom. The molecule has 7 nitrogen and oxygen atoms in total. The van der Waals surface area contributed by atoms with E-state index in [0.717, 1.165) is 45.2 Å². The summed E-state index contributed by atoms with van der Waals surface area (Å²) in [4.78, 5) is 13.7. The number of aryl methyl sites for hydroxylation is 2. The molecule has 30 heavy (non-hydrogen) atoms. The van der Waals surface area contributed by atoms with E-state index in [4.69, 9.17) is 0 Å². The summed E-state index contributed by atoms with van der Waals surface area (Å²) in [5.41, 5.74) is 7.09. The van der Waals surface area contributed by atoms with Crippen molar-refractivity contribution in [3.05, 3.63) is 84.6 Å². The van der Waals surface area contributed by atoms with Gasteiger partial charge in [-0.3, -0.25) is 14.1 Å². The van der Waals surface area contributed by atoms with Crippen LogP contribution in [0.1, 0.15) is 11.1 Å². The molecule has 1 aromatic carbocycles. The Morgan fingerprint density at radius 3 is 2.57 bits per heavy atom. The standard InChI is InChI=1S/C23H21N7/c1-16-12-17(13-25-21(16)19-8-9-28-29(19)2)14-26-22-23-27-15-20(30(23)11-10-24-22)18-6-4-3-5-7-18/h3-13,15H,14H2,1-2H3,(H,24,26). The third-order valence-corrected chi connectivity index (χ3v) is 5.16. The fourth-order valence-electron chi connectivity index (χ4n) is 3.66. The summed E-state index contributed by atoms with van der Waals surface area (Å²) in [5.74, 6) is 0.744. The molecule has 0 radical (unpaired) electrons. The molecule has 0 unspecified atom stereocenters. The minimum Gasteiger partial charge on any atom is -0.363 e. The van der Waals surface area contributed by atoms with Crippen molar-refractivity contribution in [1.82, 2.24) is 29.1 Å². The predicted molar refractivity (Wildman–Crippen MR) is 117 cm³/mol. The highest BCUT2D eigenvalue weighted by Crippen LogP contribution is 2.24. The zero-order chi connectivity index (χ0) is 20.5. The number of rotatable bonds is 5. The summed E-state index contributed by atoms with van der Waals surface area (Å²) in [6.07, 6.45) is 9.28. The summed E-state index contributed by atoms with van der Waals surface area (Å²) in [6.45, 7) is 2.68. The van der Waals surface area contributed by atoms with Gasteiger partial charge in [0.15, 0.2) is 11.5 Å². The van der Waals surface area contributed by atoms with Gasteiger partial charge in [-0.25, -0.2) is 9.97 Å². The van der Waals surface area contributed by atoms with E-state index in [9.17, 15) is 0 Å². The Bertz CT molecular complexity index is 1320. The maximum absolute atomic E-state index is 4.66. The number of fused-ring (bicyclic) bond motifs is 1. The van der Waals surface area contributed by atoms with Crippen LogP contribution in [0.4, 0.5) is 5.82 Å². The molecule has 1 N–H and O–H groups in total. The second-order valence-corrected chi connectivity index (χ2v) is 7.18. The highest BCUT2D eigenvalue weighted by atomic mass is 15.3. The summed E-state index contributed by atoms with van der Waals surface area (Å²) in [7, 11) is 1.92. The number of hydrogen-bond acceptors (Lipinski definition) is 5. The zero-order valence-corrected chi connectivity index (χ0v) is 16.8. The van der Waals surface area contributed by atoms with Gasteiger partial charge in [-0.15, -0.1) is 0 Å². The van der Waals surface area contributed by atoms with Gasteiger partial charge in [0.1, 0.15) is 0 Å². The van der Waals surface area contributed by atoms with Crippen LogP contribution in [0.5, 0.6) is 0 Å². The molecule has 5 rings (SSSR count). The lowest BCUT2D eigenvalue weighted by molar-refractivity contribution is 0.772. The number of nitrogens with one attached hydrogen (secondary N) is 1. The first-order chi connectivity index (χ1) is 14.7. The molecule has 0 bridgehead atoms. The molecule has 7 heteroatoms. The van der Waals surface area contributed by atoms with E-state index in [1.807, 2.05) is 54.6 Å². The van der Waals surface area contributed by atoms with Gasteiger partial charge in [-0.1, -0.05) is 36.4 Å². The number of anilines is 1. The maximum Gasteiger partial charge on any atom is 0.180 e. The van der Waals surface area contributed by atoms with Gasteiger partial charge in [-0.2, -0.15) is 5.10 Å². The van der Waals surface area contributed by atoms with Gasteiger partial charge in [0.25, 0.3) is 0 Å². The van der Waals surface area contributed by atoms with E-state index in [-0.39, 0.29) is 0 Å². The van der Waals surface area contributed by atoms with Crippen LogP contribution in [0.25, 0.3) is 28.3 Å². The molecule has 0 aliphatic heterocycles. The largest absolute Gasteiger partial charge is 0.363 e. The van der Waals surface area contributed by atoms with Crippen molar-refractivity contribution in [2.24, 2.45) is 7.05 Å². The second kappa shape index (κ2) is 7.44. The molecule has 0 amide bonds. The molecule has 4 aromatic heterocycles. The summed E-state index contributed by atoms with van der Waals surface area (Å²) < 4.78 is 3.89. The lowest BCUT2D eigenvalue weighted by Gasteiger charge is -2.10. The average molecular weight is 395 g/mol. The fraction of sp³-hybridized carbons (Fsp3) is 0.130. The Kier molecular flexibility index (Phi) is 4.48. The predicted octanol–water partition coefficient (Wildman–Crippen LogP) is 4.11.